The molecule has 88 valence electrons. The van der Waals surface area contributed by atoms with E-state index in [2.05, 4.69) is 0 Å². The van der Waals surface area contributed by atoms with Crippen molar-refractivity contribution in [2.24, 2.45) is 0 Å². The van der Waals surface area contributed by atoms with Gasteiger partial charge in [0.2, 0.25) is 0 Å². The Bertz CT molecular complexity index is 375. The van der Waals surface area contributed by atoms with Crippen molar-refractivity contribution < 1.29 is 14.6 Å². The minimum Gasteiger partial charge on any atom is -0.491 e. The average Bonchev–Trinajstić information content (AvgIpc) is 2.26. The predicted octanol–water partition coefficient (Wildman–Crippen LogP) is 2.75. The van der Waals surface area contributed by atoms with E-state index in [1.54, 1.807) is 25.3 Å². The largest absolute Gasteiger partial charge is 0.491 e. The number of ether oxygens (including phenoxy) is 2. The lowest BCUT2D eigenvalue weighted by Crippen LogP contribution is -1.96. The van der Waals surface area contributed by atoms with Gasteiger partial charge in [-0.05, 0) is 24.6 Å². The zero-order valence-corrected chi connectivity index (χ0v) is 10.1. The Hall–Kier alpha value is -1.19. The number of rotatable bonds is 5. The number of aliphatic hydroxyl groups is 1. The highest BCUT2D eigenvalue weighted by Crippen LogP contribution is 2.36. The van der Waals surface area contributed by atoms with Crippen LogP contribution < -0.4 is 9.47 Å². The molecule has 1 aromatic carbocycles. The molecular formula is C12H15ClO3. The second-order valence-electron chi connectivity index (χ2n) is 3.05. The molecule has 0 amide bonds. The highest BCUT2D eigenvalue weighted by molar-refractivity contribution is 6.32. The van der Waals surface area contributed by atoms with Gasteiger partial charge < -0.3 is 14.6 Å². The minimum atomic E-state index is -0.00633. The third kappa shape index (κ3) is 3.15. The molecule has 1 rings (SSSR count). The molecule has 0 saturated heterocycles. The van der Waals surface area contributed by atoms with Crippen LogP contribution in [0.25, 0.3) is 6.08 Å². The molecular weight excluding hydrogens is 228 g/mol. The Morgan fingerprint density at radius 3 is 2.75 bits per heavy atom. The first kappa shape index (κ1) is 12.9. The summed E-state index contributed by atoms with van der Waals surface area (Å²) in [7, 11) is 1.55. The van der Waals surface area contributed by atoms with E-state index in [0.717, 1.165) is 5.56 Å². The van der Waals surface area contributed by atoms with Gasteiger partial charge in [0.25, 0.3) is 0 Å². The molecule has 0 saturated carbocycles. The molecule has 1 N–H and O–H groups in total. The fourth-order valence-electron chi connectivity index (χ4n) is 1.33. The van der Waals surface area contributed by atoms with Crippen molar-refractivity contribution in [2.75, 3.05) is 20.3 Å². The van der Waals surface area contributed by atoms with Gasteiger partial charge in [0.15, 0.2) is 11.5 Å². The number of halogens is 1. The molecule has 0 heterocycles. The van der Waals surface area contributed by atoms with Crippen LogP contribution in [0.3, 0.4) is 0 Å². The van der Waals surface area contributed by atoms with Crippen LogP contribution in [0.15, 0.2) is 18.2 Å². The topological polar surface area (TPSA) is 38.7 Å². The molecule has 0 aromatic heterocycles. The van der Waals surface area contributed by atoms with Crippen LogP contribution in [-0.2, 0) is 0 Å². The third-order valence-corrected chi connectivity index (χ3v) is 2.23. The molecule has 0 atom stereocenters. The van der Waals surface area contributed by atoms with Gasteiger partial charge in [-0.3, -0.25) is 0 Å². The summed E-state index contributed by atoms with van der Waals surface area (Å²) in [5, 5.41) is 9.19. The van der Waals surface area contributed by atoms with Gasteiger partial charge in [-0.1, -0.05) is 23.8 Å². The zero-order valence-electron chi connectivity index (χ0n) is 9.37. The van der Waals surface area contributed by atoms with E-state index in [-0.39, 0.29) is 6.61 Å². The molecule has 0 spiro atoms. The highest BCUT2D eigenvalue weighted by Gasteiger charge is 2.10. The van der Waals surface area contributed by atoms with Crippen LogP contribution in [0.2, 0.25) is 5.02 Å². The van der Waals surface area contributed by atoms with Crippen LogP contribution in [0.1, 0.15) is 12.5 Å². The fourth-order valence-corrected chi connectivity index (χ4v) is 1.63. The van der Waals surface area contributed by atoms with Gasteiger partial charge in [-0.25, -0.2) is 0 Å². The summed E-state index contributed by atoms with van der Waals surface area (Å²) < 4.78 is 10.6. The quantitative estimate of drug-likeness (QED) is 0.863. The maximum atomic E-state index is 8.69. The van der Waals surface area contributed by atoms with Crippen LogP contribution >= 0.6 is 11.6 Å². The summed E-state index contributed by atoms with van der Waals surface area (Å²) in [4.78, 5) is 0. The van der Waals surface area contributed by atoms with E-state index in [1.165, 1.54) is 0 Å². The molecule has 0 bridgehead atoms. The van der Waals surface area contributed by atoms with Crippen LogP contribution in [0.4, 0.5) is 0 Å². The normalized spacial score (nSPS) is 10.8. The molecule has 0 aliphatic rings. The first-order chi connectivity index (χ1) is 7.72. The van der Waals surface area contributed by atoms with Crippen molar-refractivity contribution in [3.8, 4) is 11.5 Å². The summed E-state index contributed by atoms with van der Waals surface area (Å²) in [6.07, 6.45) is 3.40. The molecule has 0 aliphatic carbocycles. The highest BCUT2D eigenvalue weighted by atomic mass is 35.5. The molecule has 0 radical (unpaired) electrons. The second-order valence-corrected chi connectivity index (χ2v) is 3.46. The van der Waals surface area contributed by atoms with E-state index in [0.29, 0.717) is 23.1 Å². The monoisotopic (exact) mass is 242 g/mol. The average molecular weight is 243 g/mol. The fraction of sp³-hybridized carbons (Fsp3) is 0.333. The standard InChI is InChI=1S/C12H15ClO3/c1-3-16-11-8-9(5-4-6-14)7-10(13)12(11)15-2/h4-5,7-8,14H,3,6H2,1-2H3/b5-4+. The number of aliphatic hydroxyl groups excluding tert-OH is 1. The smallest absolute Gasteiger partial charge is 0.179 e. The minimum absolute atomic E-state index is 0.00633. The summed E-state index contributed by atoms with van der Waals surface area (Å²) in [6, 6.07) is 3.58. The SMILES string of the molecule is CCOc1cc(/C=C/CO)cc(Cl)c1OC. The van der Waals surface area contributed by atoms with Crippen molar-refractivity contribution in [1.82, 2.24) is 0 Å². The Balaban J connectivity index is 3.11. The second kappa shape index (κ2) is 6.40. The summed E-state index contributed by atoms with van der Waals surface area (Å²) in [6.45, 7) is 2.43. The van der Waals surface area contributed by atoms with E-state index in [1.807, 2.05) is 13.0 Å². The lowest BCUT2D eigenvalue weighted by Gasteiger charge is -2.11. The number of benzene rings is 1. The maximum absolute atomic E-state index is 8.69. The van der Waals surface area contributed by atoms with E-state index in [9.17, 15) is 0 Å². The molecule has 0 fully saturated rings. The Morgan fingerprint density at radius 2 is 2.19 bits per heavy atom. The van der Waals surface area contributed by atoms with Crippen molar-refractivity contribution in [3.63, 3.8) is 0 Å². The molecule has 4 heteroatoms. The van der Waals surface area contributed by atoms with Crippen molar-refractivity contribution in [3.05, 3.63) is 28.8 Å². The Kier molecular flexibility index (Phi) is 5.15. The number of hydrogen-bond donors (Lipinski definition) is 1. The number of methoxy groups -OCH3 is 1. The van der Waals surface area contributed by atoms with Crippen molar-refractivity contribution >= 4 is 17.7 Å². The summed E-state index contributed by atoms with van der Waals surface area (Å²) in [5.41, 5.74) is 0.864. The van der Waals surface area contributed by atoms with Crippen LogP contribution in [0, 0.1) is 0 Å². The zero-order chi connectivity index (χ0) is 12.0. The van der Waals surface area contributed by atoms with E-state index in [4.69, 9.17) is 26.2 Å². The Labute approximate surface area is 100 Å². The van der Waals surface area contributed by atoms with Gasteiger partial charge in [0.1, 0.15) is 0 Å². The van der Waals surface area contributed by atoms with Gasteiger partial charge in [-0.15, -0.1) is 0 Å². The van der Waals surface area contributed by atoms with Gasteiger partial charge in [-0.2, -0.15) is 0 Å². The van der Waals surface area contributed by atoms with Gasteiger partial charge >= 0.3 is 0 Å². The molecule has 16 heavy (non-hydrogen) atoms. The molecule has 0 unspecified atom stereocenters. The first-order valence-corrected chi connectivity index (χ1v) is 5.38. The van der Waals surface area contributed by atoms with Crippen molar-refractivity contribution in [1.29, 1.82) is 0 Å². The first-order valence-electron chi connectivity index (χ1n) is 5.00. The summed E-state index contributed by atoms with van der Waals surface area (Å²) in [5.74, 6) is 1.14. The predicted molar refractivity (Wildman–Crippen MR) is 65.3 cm³/mol. The molecule has 3 nitrogen and oxygen atoms in total. The van der Waals surface area contributed by atoms with Crippen molar-refractivity contribution in [2.45, 2.75) is 6.92 Å². The third-order valence-electron chi connectivity index (χ3n) is 1.95. The van der Waals surface area contributed by atoms with E-state index < -0.39 is 0 Å². The lowest BCUT2D eigenvalue weighted by molar-refractivity contribution is 0.311. The maximum Gasteiger partial charge on any atom is 0.179 e. The van der Waals surface area contributed by atoms with Gasteiger partial charge in [0, 0.05) is 0 Å². The summed E-state index contributed by atoms with van der Waals surface area (Å²) >= 11 is 6.05. The Morgan fingerprint density at radius 1 is 1.44 bits per heavy atom. The lowest BCUT2D eigenvalue weighted by atomic mass is 10.2. The van der Waals surface area contributed by atoms with Crippen LogP contribution in [-0.4, -0.2) is 25.4 Å². The molecule has 1 aromatic rings. The molecule has 0 aliphatic heterocycles. The van der Waals surface area contributed by atoms with E-state index >= 15 is 0 Å². The number of hydrogen-bond acceptors (Lipinski definition) is 3. The van der Waals surface area contributed by atoms with Gasteiger partial charge in [0.05, 0.1) is 25.3 Å². The van der Waals surface area contributed by atoms with Crippen LogP contribution in [0.5, 0.6) is 11.5 Å².